The molecule has 0 fully saturated rings. The van der Waals surface area contributed by atoms with Crippen molar-refractivity contribution in [2.24, 2.45) is 5.41 Å². The Balaban J connectivity index is 1.57. The standard InChI is InChI=1S/C37H41ClN2O7S/c1-6-46-36(43)27(17-23-11-8-7-9-12-23)31-20-39-32(48-31)19-30-35(42)40(21-37(2,3)22-41)28-16-15-24(38)18-26(28)33(47-30)25-13-10-14-29(44-4)34(25)45-5/h7-16,18,20,27,30,33,41H,6,17,19,21-22H2,1-5H3/t27?,30-,33-/m1/s1. The number of rotatable bonds is 13. The van der Waals surface area contributed by atoms with E-state index in [1.807, 2.05) is 62.4 Å². The molecule has 1 N–H and O–H groups in total. The van der Waals surface area contributed by atoms with Gasteiger partial charge in [0.05, 0.1) is 31.8 Å². The number of aromatic nitrogens is 1. The summed E-state index contributed by atoms with van der Waals surface area (Å²) in [4.78, 5) is 34.8. The van der Waals surface area contributed by atoms with Gasteiger partial charge in [0.25, 0.3) is 5.91 Å². The van der Waals surface area contributed by atoms with Crippen LogP contribution in [0.25, 0.3) is 0 Å². The van der Waals surface area contributed by atoms with Gasteiger partial charge in [-0.2, -0.15) is 0 Å². The molecular weight excluding hydrogens is 652 g/mol. The highest BCUT2D eigenvalue weighted by Gasteiger charge is 2.40. The molecule has 0 spiro atoms. The fraction of sp³-hybridized carbons (Fsp3) is 0.378. The maximum Gasteiger partial charge on any atom is 0.314 e. The molecule has 254 valence electrons. The maximum absolute atomic E-state index is 14.6. The number of aliphatic hydroxyl groups is 1. The Morgan fingerprint density at radius 1 is 1.08 bits per heavy atom. The minimum absolute atomic E-state index is 0.134. The molecule has 0 saturated heterocycles. The van der Waals surface area contributed by atoms with Gasteiger partial charge in [0.2, 0.25) is 0 Å². The summed E-state index contributed by atoms with van der Waals surface area (Å²) >= 11 is 7.93. The van der Waals surface area contributed by atoms with Crippen LogP contribution in [0.1, 0.15) is 59.4 Å². The molecule has 1 unspecified atom stereocenters. The lowest BCUT2D eigenvalue weighted by molar-refractivity contribution is -0.144. The van der Waals surface area contributed by atoms with Crippen molar-refractivity contribution in [3.8, 4) is 11.5 Å². The zero-order valence-corrected chi connectivity index (χ0v) is 29.3. The molecule has 0 aliphatic carbocycles. The summed E-state index contributed by atoms with van der Waals surface area (Å²) < 4.78 is 23.7. The minimum atomic E-state index is -0.985. The fourth-order valence-corrected chi connectivity index (χ4v) is 7.06. The lowest BCUT2D eigenvalue weighted by Gasteiger charge is -2.32. The van der Waals surface area contributed by atoms with Gasteiger partial charge >= 0.3 is 5.97 Å². The van der Waals surface area contributed by atoms with Crippen LogP contribution in [0.3, 0.4) is 0 Å². The Bertz CT molecular complexity index is 1730. The van der Waals surface area contributed by atoms with Gasteiger partial charge in [-0.05, 0) is 43.2 Å². The number of aliphatic hydroxyl groups excluding tert-OH is 1. The lowest BCUT2D eigenvalue weighted by Crippen LogP contribution is -2.45. The largest absolute Gasteiger partial charge is 0.493 e. The number of methoxy groups -OCH3 is 2. The molecule has 0 saturated carbocycles. The number of carbonyl (C=O) groups is 2. The normalized spacial score (nSPS) is 17.0. The second kappa shape index (κ2) is 15.5. The molecule has 9 nitrogen and oxygen atoms in total. The Labute approximate surface area is 290 Å². The molecule has 1 aliphatic heterocycles. The smallest absolute Gasteiger partial charge is 0.314 e. The molecule has 4 aromatic rings. The number of para-hydroxylation sites is 1. The first-order valence-electron chi connectivity index (χ1n) is 15.8. The number of nitrogens with zero attached hydrogens (tertiary/aromatic N) is 2. The Morgan fingerprint density at radius 2 is 1.85 bits per heavy atom. The molecule has 2 heterocycles. The summed E-state index contributed by atoms with van der Waals surface area (Å²) in [6.07, 6.45) is 0.531. The quantitative estimate of drug-likeness (QED) is 0.153. The predicted octanol–water partition coefficient (Wildman–Crippen LogP) is 6.79. The van der Waals surface area contributed by atoms with E-state index in [-0.39, 0.29) is 38.1 Å². The first kappa shape index (κ1) is 35.3. The van der Waals surface area contributed by atoms with E-state index in [0.717, 1.165) is 10.4 Å². The number of esters is 1. The highest BCUT2D eigenvalue weighted by Crippen LogP contribution is 2.46. The summed E-state index contributed by atoms with van der Waals surface area (Å²) in [6, 6.07) is 20.6. The van der Waals surface area contributed by atoms with Crippen LogP contribution in [0.15, 0.2) is 72.9 Å². The number of anilines is 1. The molecule has 3 aromatic carbocycles. The summed E-state index contributed by atoms with van der Waals surface area (Å²) in [5.41, 5.74) is 2.33. The summed E-state index contributed by atoms with van der Waals surface area (Å²) in [7, 11) is 3.12. The predicted molar refractivity (Wildman–Crippen MR) is 186 cm³/mol. The van der Waals surface area contributed by atoms with E-state index >= 15 is 0 Å². The van der Waals surface area contributed by atoms with E-state index in [2.05, 4.69) is 4.98 Å². The average Bonchev–Trinajstić information content (AvgIpc) is 3.52. The second-order valence-corrected chi connectivity index (χ2v) is 14.0. The van der Waals surface area contributed by atoms with Crippen LogP contribution in [0.4, 0.5) is 5.69 Å². The molecule has 1 aromatic heterocycles. The van der Waals surface area contributed by atoms with Gasteiger partial charge in [-0.25, -0.2) is 4.98 Å². The van der Waals surface area contributed by atoms with Crippen molar-refractivity contribution in [3.05, 3.63) is 105 Å². The first-order chi connectivity index (χ1) is 23.1. The van der Waals surface area contributed by atoms with E-state index < -0.39 is 23.5 Å². The van der Waals surface area contributed by atoms with Gasteiger partial charge < -0.3 is 29.0 Å². The van der Waals surface area contributed by atoms with Gasteiger partial charge in [0, 0.05) is 57.9 Å². The summed E-state index contributed by atoms with van der Waals surface area (Å²) in [5, 5.41) is 11.3. The van der Waals surface area contributed by atoms with Crippen LogP contribution in [0.2, 0.25) is 5.02 Å². The third-order valence-electron chi connectivity index (χ3n) is 8.26. The van der Waals surface area contributed by atoms with Crippen molar-refractivity contribution >= 4 is 40.5 Å². The van der Waals surface area contributed by atoms with Crippen molar-refractivity contribution < 1.29 is 33.6 Å². The lowest BCUT2D eigenvalue weighted by atomic mass is 9.92. The zero-order chi connectivity index (χ0) is 34.4. The molecule has 5 rings (SSSR count). The molecule has 0 radical (unpaired) electrons. The van der Waals surface area contributed by atoms with Gasteiger partial charge in [-0.15, -0.1) is 11.3 Å². The molecule has 0 bridgehead atoms. The van der Waals surface area contributed by atoms with Gasteiger partial charge in [0.15, 0.2) is 11.5 Å². The first-order valence-corrected chi connectivity index (χ1v) is 17.0. The minimum Gasteiger partial charge on any atom is -0.493 e. The van der Waals surface area contributed by atoms with Crippen LogP contribution in [-0.4, -0.2) is 62.0 Å². The van der Waals surface area contributed by atoms with Crippen LogP contribution in [0.5, 0.6) is 11.5 Å². The number of hydrogen-bond acceptors (Lipinski definition) is 9. The fourth-order valence-electron chi connectivity index (χ4n) is 5.84. The van der Waals surface area contributed by atoms with Crippen molar-refractivity contribution in [2.45, 2.75) is 51.7 Å². The topological polar surface area (TPSA) is 107 Å². The number of hydrogen-bond donors (Lipinski definition) is 1. The van der Waals surface area contributed by atoms with Gasteiger partial charge in [-0.1, -0.05) is 67.9 Å². The van der Waals surface area contributed by atoms with Crippen LogP contribution < -0.4 is 14.4 Å². The number of halogens is 1. The SMILES string of the molecule is CCOC(=O)C(Cc1ccccc1)c1cnc(C[C@H]2O[C@H](c3cccc(OC)c3OC)c3cc(Cl)ccc3N(CC(C)(C)CO)C2=O)s1. The Hall–Kier alpha value is -3.96. The number of fused-ring (bicyclic) bond motifs is 1. The third-order valence-corrected chi connectivity index (χ3v) is 9.63. The number of ether oxygens (including phenoxy) is 4. The highest BCUT2D eigenvalue weighted by atomic mass is 35.5. The summed E-state index contributed by atoms with van der Waals surface area (Å²) in [5.74, 6) is -0.173. The number of thiazole rings is 1. The Morgan fingerprint density at radius 3 is 2.54 bits per heavy atom. The molecule has 1 aliphatic rings. The zero-order valence-electron chi connectivity index (χ0n) is 27.8. The summed E-state index contributed by atoms with van der Waals surface area (Å²) in [6.45, 7) is 5.94. The van der Waals surface area contributed by atoms with Crippen molar-refractivity contribution in [2.75, 3.05) is 38.9 Å². The molecule has 11 heteroatoms. The van der Waals surface area contributed by atoms with Crippen molar-refractivity contribution in [1.29, 1.82) is 0 Å². The number of amides is 1. The highest BCUT2D eigenvalue weighted by molar-refractivity contribution is 7.11. The van der Waals surface area contributed by atoms with E-state index in [4.69, 9.17) is 30.5 Å². The van der Waals surface area contributed by atoms with E-state index in [0.29, 0.717) is 44.8 Å². The average molecular weight is 693 g/mol. The van der Waals surface area contributed by atoms with E-state index in [1.54, 1.807) is 50.4 Å². The molecule has 3 atom stereocenters. The van der Waals surface area contributed by atoms with Crippen LogP contribution in [0, 0.1) is 5.41 Å². The van der Waals surface area contributed by atoms with Crippen molar-refractivity contribution in [3.63, 3.8) is 0 Å². The maximum atomic E-state index is 14.6. The molecular formula is C37H41ClN2O7S. The number of carbonyl (C=O) groups excluding carboxylic acids is 2. The third kappa shape index (κ3) is 7.84. The van der Waals surface area contributed by atoms with Crippen molar-refractivity contribution in [1.82, 2.24) is 4.98 Å². The number of benzene rings is 3. The van der Waals surface area contributed by atoms with Crippen LogP contribution in [-0.2, 0) is 31.9 Å². The van der Waals surface area contributed by atoms with Crippen LogP contribution >= 0.6 is 22.9 Å². The van der Waals surface area contributed by atoms with Gasteiger partial charge in [0.1, 0.15) is 12.2 Å². The monoisotopic (exact) mass is 692 g/mol. The molecule has 1 amide bonds. The van der Waals surface area contributed by atoms with Gasteiger partial charge in [-0.3, -0.25) is 9.59 Å². The van der Waals surface area contributed by atoms with E-state index in [9.17, 15) is 14.7 Å². The Kier molecular flexibility index (Phi) is 11.4. The second-order valence-electron chi connectivity index (χ2n) is 12.4. The molecule has 48 heavy (non-hydrogen) atoms. The van der Waals surface area contributed by atoms with E-state index in [1.165, 1.54) is 11.3 Å².